The molecule has 0 fully saturated rings. The van der Waals surface area contributed by atoms with Crippen molar-refractivity contribution in [2.45, 2.75) is 20.3 Å². The molecule has 1 aromatic carbocycles. The highest BCUT2D eigenvalue weighted by molar-refractivity contribution is 7.92. The van der Waals surface area contributed by atoms with Crippen LogP contribution in [0.25, 0.3) is 0 Å². The van der Waals surface area contributed by atoms with Crippen LogP contribution >= 0.6 is 0 Å². The van der Waals surface area contributed by atoms with E-state index in [1.165, 1.54) is 28.6 Å². The van der Waals surface area contributed by atoms with Crippen molar-refractivity contribution in [3.63, 3.8) is 0 Å². The van der Waals surface area contributed by atoms with Gasteiger partial charge in [-0.25, -0.2) is 12.8 Å². The van der Waals surface area contributed by atoms with Crippen molar-refractivity contribution in [2.24, 2.45) is 0 Å². The molecule has 0 aliphatic heterocycles. The standard InChI is InChI=1S/C13H21FN2O2S/c1-3-9-15-10-11-19(17,18)16(4-2)13-7-5-12(14)6-8-13/h5-8,15H,3-4,9-11H2,1-2H3. The monoisotopic (exact) mass is 288 g/mol. The SMILES string of the molecule is CCCNCCS(=O)(=O)N(CC)c1ccc(F)cc1. The summed E-state index contributed by atoms with van der Waals surface area (Å²) in [5.41, 5.74) is 0.499. The van der Waals surface area contributed by atoms with Crippen molar-refractivity contribution in [3.8, 4) is 0 Å². The minimum atomic E-state index is -3.37. The average Bonchev–Trinajstić information content (AvgIpc) is 2.37. The van der Waals surface area contributed by atoms with Crippen LogP contribution in [0.3, 0.4) is 0 Å². The third-order valence-electron chi connectivity index (χ3n) is 2.70. The molecular weight excluding hydrogens is 267 g/mol. The van der Waals surface area contributed by atoms with Crippen molar-refractivity contribution in [1.29, 1.82) is 0 Å². The van der Waals surface area contributed by atoms with E-state index in [-0.39, 0.29) is 11.6 Å². The molecule has 0 saturated carbocycles. The third-order valence-corrected chi connectivity index (χ3v) is 4.56. The highest BCUT2D eigenvalue weighted by Gasteiger charge is 2.20. The van der Waals surface area contributed by atoms with Gasteiger partial charge in [0.2, 0.25) is 10.0 Å². The van der Waals surface area contributed by atoms with Crippen LogP contribution in [-0.2, 0) is 10.0 Å². The van der Waals surface area contributed by atoms with Gasteiger partial charge in [-0.1, -0.05) is 6.92 Å². The van der Waals surface area contributed by atoms with Gasteiger partial charge in [-0.05, 0) is 44.2 Å². The molecular formula is C13H21FN2O2S. The predicted molar refractivity (Wildman–Crippen MR) is 76.4 cm³/mol. The van der Waals surface area contributed by atoms with E-state index in [1.54, 1.807) is 6.92 Å². The van der Waals surface area contributed by atoms with Crippen molar-refractivity contribution in [2.75, 3.05) is 29.7 Å². The number of nitrogens with zero attached hydrogens (tertiary/aromatic N) is 1. The lowest BCUT2D eigenvalue weighted by Gasteiger charge is -2.23. The van der Waals surface area contributed by atoms with Crippen LogP contribution in [0.1, 0.15) is 20.3 Å². The number of rotatable bonds is 8. The number of anilines is 1. The van der Waals surface area contributed by atoms with E-state index in [0.717, 1.165) is 13.0 Å². The van der Waals surface area contributed by atoms with Crippen LogP contribution in [0.5, 0.6) is 0 Å². The summed E-state index contributed by atoms with van der Waals surface area (Å²) < 4.78 is 38.6. The smallest absolute Gasteiger partial charge is 0.236 e. The fourth-order valence-corrected chi connectivity index (χ4v) is 3.22. The number of halogens is 1. The molecule has 0 aliphatic rings. The molecule has 19 heavy (non-hydrogen) atoms. The van der Waals surface area contributed by atoms with Gasteiger partial charge in [-0.15, -0.1) is 0 Å². The maximum absolute atomic E-state index is 12.9. The minimum absolute atomic E-state index is 0.0399. The lowest BCUT2D eigenvalue weighted by molar-refractivity contribution is 0.586. The fourth-order valence-electron chi connectivity index (χ4n) is 1.76. The Hall–Kier alpha value is -1.14. The Kier molecular flexibility index (Phi) is 6.24. The minimum Gasteiger partial charge on any atom is -0.316 e. The van der Waals surface area contributed by atoms with E-state index < -0.39 is 10.0 Å². The van der Waals surface area contributed by atoms with Gasteiger partial charge in [0, 0.05) is 13.1 Å². The second-order valence-electron chi connectivity index (χ2n) is 4.21. The topological polar surface area (TPSA) is 49.4 Å². The molecule has 1 N–H and O–H groups in total. The van der Waals surface area contributed by atoms with E-state index >= 15 is 0 Å². The summed E-state index contributed by atoms with van der Waals surface area (Å²) in [4.78, 5) is 0. The van der Waals surface area contributed by atoms with Crippen LogP contribution in [0.4, 0.5) is 10.1 Å². The molecule has 1 aromatic rings. The van der Waals surface area contributed by atoms with E-state index in [2.05, 4.69) is 5.32 Å². The van der Waals surface area contributed by atoms with E-state index in [4.69, 9.17) is 0 Å². The number of hydrogen-bond donors (Lipinski definition) is 1. The first kappa shape index (κ1) is 15.9. The molecule has 0 aliphatic carbocycles. The zero-order chi connectivity index (χ0) is 14.3. The first-order valence-corrected chi connectivity index (χ1v) is 8.09. The van der Waals surface area contributed by atoms with Crippen LogP contribution in [-0.4, -0.2) is 33.8 Å². The van der Waals surface area contributed by atoms with Gasteiger partial charge >= 0.3 is 0 Å². The zero-order valence-electron chi connectivity index (χ0n) is 11.4. The molecule has 4 nitrogen and oxygen atoms in total. The van der Waals surface area contributed by atoms with Crippen molar-refractivity contribution < 1.29 is 12.8 Å². The maximum Gasteiger partial charge on any atom is 0.236 e. The van der Waals surface area contributed by atoms with Gasteiger partial charge in [-0.2, -0.15) is 0 Å². The van der Waals surface area contributed by atoms with Gasteiger partial charge in [0.05, 0.1) is 11.4 Å². The van der Waals surface area contributed by atoms with Gasteiger partial charge < -0.3 is 5.32 Å². The Balaban J connectivity index is 2.75. The Morgan fingerprint density at radius 2 is 1.79 bits per heavy atom. The summed E-state index contributed by atoms with van der Waals surface area (Å²) in [6.07, 6.45) is 0.968. The molecule has 1 rings (SSSR count). The summed E-state index contributed by atoms with van der Waals surface area (Å²) in [6, 6.07) is 5.50. The lowest BCUT2D eigenvalue weighted by atomic mass is 10.3. The summed E-state index contributed by atoms with van der Waals surface area (Å²) in [5.74, 6) is -0.333. The summed E-state index contributed by atoms with van der Waals surface area (Å²) in [5, 5.41) is 3.06. The quantitative estimate of drug-likeness (QED) is 0.744. The van der Waals surface area contributed by atoms with Crippen LogP contribution < -0.4 is 9.62 Å². The molecule has 0 spiro atoms. The van der Waals surface area contributed by atoms with Gasteiger partial charge in [0.15, 0.2) is 0 Å². The van der Waals surface area contributed by atoms with Crippen molar-refractivity contribution >= 4 is 15.7 Å². The maximum atomic E-state index is 12.9. The zero-order valence-corrected chi connectivity index (χ0v) is 12.2. The van der Waals surface area contributed by atoms with E-state index in [0.29, 0.717) is 18.8 Å². The molecule has 0 saturated heterocycles. The molecule has 0 bridgehead atoms. The molecule has 108 valence electrons. The van der Waals surface area contributed by atoms with Crippen LogP contribution in [0, 0.1) is 5.82 Å². The van der Waals surface area contributed by atoms with Crippen LogP contribution in [0.15, 0.2) is 24.3 Å². The molecule has 0 radical (unpaired) electrons. The Bertz CT molecular complexity index is 474. The number of hydrogen-bond acceptors (Lipinski definition) is 3. The number of nitrogens with one attached hydrogen (secondary N) is 1. The average molecular weight is 288 g/mol. The van der Waals surface area contributed by atoms with Gasteiger partial charge in [-0.3, -0.25) is 4.31 Å². The molecule has 0 amide bonds. The van der Waals surface area contributed by atoms with Crippen LogP contribution in [0.2, 0.25) is 0 Å². The third kappa shape index (κ3) is 4.80. The summed E-state index contributed by atoms with van der Waals surface area (Å²) >= 11 is 0. The highest BCUT2D eigenvalue weighted by atomic mass is 32.2. The van der Waals surface area contributed by atoms with Crippen molar-refractivity contribution in [1.82, 2.24) is 5.32 Å². The molecule has 0 aromatic heterocycles. The second kappa shape index (κ2) is 7.45. The van der Waals surface area contributed by atoms with E-state index in [1.807, 2.05) is 6.92 Å². The summed E-state index contributed by atoms with van der Waals surface area (Å²) in [7, 11) is -3.37. The summed E-state index contributed by atoms with van der Waals surface area (Å²) in [6.45, 7) is 5.35. The fraction of sp³-hybridized carbons (Fsp3) is 0.538. The number of sulfonamides is 1. The first-order valence-electron chi connectivity index (χ1n) is 6.48. The Morgan fingerprint density at radius 1 is 1.16 bits per heavy atom. The lowest BCUT2D eigenvalue weighted by Crippen LogP contribution is -2.36. The normalized spacial score (nSPS) is 11.5. The first-order chi connectivity index (χ1) is 9.01. The molecule has 0 atom stereocenters. The second-order valence-corrected chi connectivity index (χ2v) is 6.22. The molecule has 0 unspecified atom stereocenters. The largest absolute Gasteiger partial charge is 0.316 e. The number of benzene rings is 1. The highest BCUT2D eigenvalue weighted by Crippen LogP contribution is 2.18. The van der Waals surface area contributed by atoms with Gasteiger partial charge in [0.25, 0.3) is 0 Å². The molecule has 0 heterocycles. The van der Waals surface area contributed by atoms with Crippen molar-refractivity contribution in [3.05, 3.63) is 30.1 Å². The Morgan fingerprint density at radius 3 is 2.32 bits per heavy atom. The predicted octanol–water partition coefficient (Wildman–Crippen LogP) is 1.98. The Labute approximate surface area is 114 Å². The van der Waals surface area contributed by atoms with Gasteiger partial charge in [0.1, 0.15) is 5.82 Å². The van der Waals surface area contributed by atoms with E-state index in [9.17, 15) is 12.8 Å². The molecule has 6 heteroatoms.